The van der Waals surface area contributed by atoms with Crippen LogP contribution < -0.4 is 5.73 Å². The highest BCUT2D eigenvalue weighted by Crippen LogP contribution is 2.15. The van der Waals surface area contributed by atoms with Crippen LogP contribution >= 0.6 is 11.6 Å². The highest BCUT2D eigenvalue weighted by atomic mass is 35.5. The minimum Gasteiger partial charge on any atom is -0.431 e. The highest BCUT2D eigenvalue weighted by molar-refractivity contribution is 6.33. The molecule has 0 fully saturated rings. The molecule has 5 heteroatoms. The maximum Gasteiger partial charge on any atom is 0.332 e. The molecule has 0 aliphatic heterocycles. The third kappa shape index (κ3) is 3.04. The second kappa shape index (κ2) is 3.39. The number of primary amides is 1. The quantitative estimate of drug-likeness (QED) is 0.379. The van der Waals surface area contributed by atoms with Crippen LogP contribution in [0.15, 0.2) is 12.7 Å². The van der Waals surface area contributed by atoms with E-state index in [1.165, 1.54) is 6.92 Å². The van der Waals surface area contributed by atoms with E-state index in [1.807, 2.05) is 0 Å². The summed E-state index contributed by atoms with van der Waals surface area (Å²) in [6, 6.07) is 0. The Balaban J connectivity index is 4.23. The van der Waals surface area contributed by atoms with E-state index in [2.05, 4.69) is 11.3 Å². The smallest absolute Gasteiger partial charge is 0.332 e. The summed E-state index contributed by atoms with van der Waals surface area (Å²) in [4.78, 5) is 21.0. The number of halogens is 1. The fourth-order valence-corrected chi connectivity index (χ4v) is 0.357. The first-order valence-electron chi connectivity index (χ1n) is 2.74. The molecule has 0 aliphatic carbocycles. The predicted octanol–water partition coefficient (Wildman–Crippen LogP) is 0.156. The van der Waals surface area contributed by atoms with Crippen molar-refractivity contribution >= 4 is 23.5 Å². The summed E-state index contributed by atoms with van der Waals surface area (Å²) in [6.07, 6.45) is 0.892. The summed E-state index contributed by atoms with van der Waals surface area (Å²) >= 11 is 5.38. The first-order chi connectivity index (χ1) is 4.90. The van der Waals surface area contributed by atoms with Gasteiger partial charge in [-0.2, -0.15) is 0 Å². The van der Waals surface area contributed by atoms with Gasteiger partial charge in [0.25, 0.3) is 11.0 Å². The van der Waals surface area contributed by atoms with Gasteiger partial charge in [-0.1, -0.05) is 18.2 Å². The largest absolute Gasteiger partial charge is 0.431 e. The second-order valence-electron chi connectivity index (χ2n) is 1.91. The molecule has 0 radical (unpaired) electrons. The molecule has 1 atom stereocenters. The Morgan fingerprint density at radius 3 is 2.45 bits per heavy atom. The lowest BCUT2D eigenvalue weighted by Crippen LogP contribution is -2.39. The number of hydrogen-bond donors (Lipinski definition) is 1. The van der Waals surface area contributed by atoms with E-state index in [0.717, 1.165) is 6.08 Å². The van der Waals surface area contributed by atoms with Crippen LogP contribution in [0.4, 0.5) is 0 Å². The Hall–Kier alpha value is -1.03. The molecule has 4 nitrogen and oxygen atoms in total. The van der Waals surface area contributed by atoms with Gasteiger partial charge < -0.3 is 10.5 Å². The van der Waals surface area contributed by atoms with Crippen LogP contribution in [0.3, 0.4) is 0 Å². The van der Waals surface area contributed by atoms with Gasteiger partial charge in [0.15, 0.2) is 0 Å². The topological polar surface area (TPSA) is 69.4 Å². The Labute approximate surface area is 69.0 Å². The van der Waals surface area contributed by atoms with Crippen molar-refractivity contribution in [2.75, 3.05) is 0 Å². The first-order valence-corrected chi connectivity index (χ1v) is 3.12. The van der Waals surface area contributed by atoms with Crippen LogP contribution in [0.2, 0.25) is 0 Å². The van der Waals surface area contributed by atoms with E-state index in [9.17, 15) is 9.59 Å². The molecule has 0 aromatic rings. The summed E-state index contributed by atoms with van der Waals surface area (Å²) in [7, 11) is 0. The monoisotopic (exact) mass is 177 g/mol. The summed E-state index contributed by atoms with van der Waals surface area (Å²) in [5.74, 6) is -1.71. The van der Waals surface area contributed by atoms with Crippen LogP contribution in [0.5, 0.6) is 0 Å². The van der Waals surface area contributed by atoms with Crippen molar-refractivity contribution < 1.29 is 14.3 Å². The lowest BCUT2D eigenvalue weighted by atomic mass is 10.4. The molecule has 11 heavy (non-hydrogen) atoms. The summed E-state index contributed by atoms with van der Waals surface area (Å²) in [5, 5.41) is -1.79. The molecule has 0 saturated heterocycles. The van der Waals surface area contributed by atoms with Crippen LogP contribution in [0.1, 0.15) is 6.92 Å². The summed E-state index contributed by atoms with van der Waals surface area (Å²) in [6.45, 7) is 4.30. The van der Waals surface area contributed by atoms with Gasteiger partial charge in [-0.3, -0.25) is 4.79 Å². The van der Waals surface area contributed by atoms with E-state index in [0.29, 0.717) is 0 Å². The number of alkyl halides is 1. The zero-order chi connectivity index (χ0) is 9.07. The van der Waals surface area contributed by atoms with Crippen LogP contribution in [-0.2, 0) is 14.3 Å². The number of hydrogen-bond acceptors (Lipinski definition) is 3. The van der Waals surface area contributed by atoms with Crippen LogP contribution in [0.25, 0.3) is 0 Å². The SMILES string of the molecule is C=CC(=O)OC(C)(Cl)C(N)=O. The Morgan fingerprint density at radius 2 is 2.18 bits per heavy atom. The van der Waals surface area contributed by atoms with Gasteiger partial charge in [-0.05, 0) is 6.92 Å². The normalized spacial score (nSPS) is 14.7. The molecular formula is C6H8ClNO3. The summed E-state index contributed by atoms with van der Waals surface area (Å²) < 4.78 is 4.38. The maximum absolute atomic E-state index is 10.5. The first kappa shape index (κ1) is 9.97. The minimum atomic E-state index is -1.79. The zero-order valence-corrected chi connectivity index (χ0v) is 6.72. The number of carbonyl (C=O) groups excluding carboxylic acids is 2. The van der Waals surface area contributed by atoms with Gasteiger partial charge in [0, 0.05) is 6.08 Å². The van der Waals surface area contributed by atoms with Crippen LogP contribution in [-0.4, -0.2) is 16.9 Å². The van der Waals surface area contributed by atoms with E-state index < -0.39 is 16.9 Å². The molecule has 1 amide bonds. The number of ether oxygens (including phenoxy) is 1. The zero-order valence-electron chi connectivity index (χ0n) is 5.96. The van der Waals surface area contributed by atoms with Crippen molar-refractivity contribution in [1.29, 1.82) is 0 Å². The van der Waals surface area contributed by atoms with Gasteiger partial charge in [-0.25, -0.2) is 4.79 Å². The van der Waals surface area contributed by atoms with E-state index in [4.69, 9.17) is 17.3 Å². The minimum absolute atomic E-state index is 0.790. The van der Waals surface area contributed by atoms with E-state index in [1.54, 1.807) is 0 Å². The summed E-state index contributed by atoms with van der Waals surface area (Å²) in [5.41, 5.74) is 4.79. The van der Waals surface area contributed by atoms with E-state index in [-0.39, 0.29) is 0 Å². The van der Waals surface area contributed by atoms with Crippen molar-refractivity contribution in [2.24, 2.45) is 5.73 Å². The predicted molar refractivity (Wildman–Crippen MR) is 39.7 cm³/mol. The van der Waals surface area contributed by atoms with Gasteiger partial charge >= 0.3 is 5.97 Å². The average molecular weight is 178 g/mol. The fourth-order valence-electron chi connectivity index (χ4n) is 0.281. The molecule has 0 heterocycles. The molecule has 0 aromatic carbocycles. The second-order valence-corrected chi connectivity index (χ2v) is 2.63. The standard InChI is InChI=1S/C6H8ClNO3/c1-3-4(9)11-6(2,7)5(8)10/h3H,1H2,2H3,(H2,8,10). The molecule has 1 unspecified atom stereocenters. The van der Waals surface area contributed by atoms with E-state index >= 15 is 0 Å². The molecule has 0 aliphatic rings. The van der Waals surface area contributed by atoms with Gasteiger partial charge in [0.05, 0.1) is 0 Å². The lowest BCUT2D eigenvalue weighted by molar-refractivity contribution is -0.152. The third-order valence-corrected chi connectivity index (χ3v) is 1.16. The van der Waals surface area contributed by atoms with Crippen LogP contribution in [0, 0.1) is 0 Å². The Bertz CT molecular complexity index is 200. The molecule has 0 saturated carbocycles. The molecule has 2 N–H and O–H groups in total. The van der Waals surface area contributed by atoms with Crippen molar-refractivity contribution in [3.8, 4) is 0 Å². The third-order valence-electron chi connectivity index (χ3n) is 0.899. The molecule has 62 valence electrons. The number of carbonyl (C=O) groups is 2. The fraction of sp³-hybridized carbons (Fsp3) is 0.333. The average Bonchev–Trinajstić information content (AvgIpc) is 1.86. The van der Waals surface area contributed by atoms with Crippen molar-refractivity contribution in [3.63, 3.8) is 0 Å². The number of rotatable bonds is 3. The van der Waals surface area contributed by atoms with Crippen molar-refractivity contribution in [3.05, 3.63) is 12.7 Å². The molecule has 0 aromatic heterocycles. The Kier molecular flexibility index (Phi) is 3.07. The molecule has 0 bridgehead atoms. The maximum atomic E-state index is 10.5. The highest BCUT2D eigenvalue weighted by Gasteiger charge is 2.31. The molecule has 0 spiro atoms. The molecular weight excluding hydrogens is 170 g/mol. The van der Waals surface area contributed by atoms with Gasteiger partial charge in [-0.15, -0.1) is 0 Å². The number of esters is 1. The number of amides is 1. The lowest BCUT2D eigenvalue weighted by Gasteiger charge is -2.16. The number of nitrogens with two attached hydrogens (primary N) is 1. The Morgan fingerprint density at radius 1 is 1.73 bits per heavy atom. The van der Waals surface area contributed by atoms with Gasteiger partial charge in [0.2, 0.25) is 0 Å². The van der Waals surface area contributed by atoms with Gasteiger partial charge in [0.1, 0.15) is 0 Å². The van der Waals surface area contributed by atoms with Crippen molar-refractivity contribution in [2.45, 2.75) is 12.0 Å². The molecule has 0 rings (SSSR count). The van der Waals surface area contributed by atoms with Crippen molar-refractivity contribution in [1.82, 2.24) is 0 Å².